The van der Waals surface area contributed by atoms with Crippen molar-refractivity contribution in [3.05, 3.63) is 0 Å². The Balaban J connectivity index is 3.75. The lowest BCUT2D eigenvalue weighted by molar-refractivity contribution is -0.426. The molecular weight excluding hydrogens is 258 g/mol. The molecule has 2 atom stereocenters. The highest BCUT2D eigenvalue weighted by molar-refractivity contribution is 5.29. The van der Waals surface area contributed by atoms with Gasteiger partial charge in [0.25, 0.3) is 17.4 Å². The first-order valence-electron chi connectivity index (χ1n) is 4.38. The molecule has 15 N–H and O–H groups in total. The SMILES string of the molecule is NC(N)(O)C1(O)C(O)(O)C(N)(O)C(O)(O)C1(O)O. The third-order valence-electron chi connectivity index (χ3n) is 3.14. The van der Waals surface area contributed by atoms with Crippen molar-refractivity contribution in [3.8, 4) is 0 Å². The number of rotatable bonds is 1. The summed E-state index contributed by atoms with van der Waals surface area (Å²) in [7, 11) is 0. The number of aliphatic hydroxyl groups is 9. The highest BCUT2D eigenvalue weighted by Gasteiger charge is 2.93. The predicted molar refractivity (Wildman–Crippen MR) is 48.9 cm³/mol. The molecule has 0 aromatic heterocycles. The highest BCUT2D eigenvalue weighted by Crippen LogP contribution is 2.54. The molecule has 12 heteroatoms. The van der Waals surface area contributed by atoms with Crippen molar-refractivity contribution < 1.29 is 46.0 Å². The van der Waals surface area contributed by atoms with Gasteiger partial charge in [0.05, 0.1) is 0 Å². The lowest BCUT2D eigenvalue weighted by Gasteiger charge is -2.46. The Labute approximate surface area is 98.7 Å². The molecule has 12 nitrogen and oxygen atoms in total. The van der Waals surface area contributed by atoms with Crippen molar-refractivity contribution in [1.29, 1.82) is 0 Å². The van der Waals surface area contributed by atoms with E-state index in [0.29, 0.717) is 0 Å². The third-order valence-corrected chi connectivity index (χ3v) is 3.14. The Kier molecular flexibility index (Phi) is 2.73. The first kappa shape index (κ1) is 15.6. The molecule has 1 fully saturated rings. The third kappa shape index (κ3) is 1.14. The van der Waals surface area contributed by atoms with E-state index in [1.54, 1.807) is 0 Å². The summed E-state index contributed by atoms with van der Waals surface area (Å²) < 4.78 is 0. The molecule has 0 bridgehead atoms. The van der Waals surface area contributed by atoms with E-state index in [9.17, 15) is 46.0 Å². The van der Waals surface area contributed by atoms with Crippen LogP contribution in [0, 0.1) is 0 Å². The molecule has 0 aromatic rings. The Morgan fingerprint density at radius 1 is 0.667 bits per heavy atom. The largest absolute Gasteiger partial charge is 0.374 e. The minimum absolute atomic E-state index is 3.71. The van der Waals surface area contributed by atoms with Gasteiger partial charge >= 0.3 is 0 Å². The van der Waals surface area contributed by atoms with E-state index in [-0.39, 0.29) is 0 Å². The summed E-state index contributed by atoms with van der Waals surface area (Å²) in [5.74, 6) is -16.7. The maximum atomic E-state index is 9.69. The first-order valence-corrected chi connectivity index (χ1v) is 4.38. The van der Waals surface area contributed by atoms with Gasteiger partial charge < -0.3 is 46.0 Å². The van der Waals surface area contributed by atoms with E-state index in [2.05, 4.69) is 0 Å². The molecule has 108 valence electrons. The number of hydrogen-bond acceptors (Lipinski definition) is 12. The molecule has 18 heavy (non-hydrogen) atoms. The molecule has 1 saturated carbocycles. The molecule has 0 heterocycles. The maximum absolute atomic E-state index is 9.69. The van der Waals surface area contributed by atoms with E-state index in [1.165, 1.54) is 0 Å². The quantitative estimate of drug-likeness (QED) is 0.199. The molecular formula is C6H15N3O9. The zero-order chi connectivity index (χ0) is 15.0. The summed E-state index contributed by atoms with van der Waals surface area (Å²) in [6.45, 7) is 0. The second-order valence-corrected chi connectivity index (χ2v) is 4.32. The van der Waals surface area contributed by atoms with Crippen LogP contribution in [-0.2, 0) is 0 Å². The van der Waals surface area contributed by atoms with Gasteiger partial charge in [-0.25, -0.2) is 0 Å². The Morgan fingerprint density at radius 3 is 1.11 bits per heavy atom. The van der Waals surface area contributed by atoms with Gasteiger partial charge in [-0.05, 0) is 0 Å². The van der Waals surface area contributed by atoms with Crippen molar-refractivity contribution in [2.75, 3.05) is 0 Å². The molecule has 0 spiro atoms. The van der Waals surface area contributed by atoms with Gasteiger partial charge in [0.15, 0.2) is 0 Å². The topological polar surface area (TPSA) is 260 Å². The fraction of sp³-hybridized carbons (Fsp3) is 1.00. The van der Waals surface area contributed by atoms with Crippen molar-refractivity contribution in [1.82, 2.24) is 0 Å². The van der Waals surface area contributed by atoms with Crippen LogP contribution in [0.15, 0.2) is 0 Å². The number of nitrogens with two attached hydrogens (primary N) is 3. The van der Waals surface area contributed by atoms with Crippen LogP contribution < -0.4 is 17.2 Å². The summed E-state index contributed by atoms with van der Waals surface area (Å²) in [6.07, 6.45) is 0. The fourth-order valence-electron chi connectivity index (χ4n) is 1.84. The summed E-state index contributed by atoms with van der Waals surface area (Å²) in [4.78, 5) is 0. The van der Waals surface area contributed by atoms with Crippen molar-refractivity contribution in [2.24, 2.45) is 17.2 Å². The predicted octanol–water partition coefficient (Wildman–Crippen LogP) is -8.02. The average molecular weight is 273 g/mol. The van der Waals surface area contributed by atoms with E-state index >= 15 is 0 Å². The smallest absolute Gasteiger partial charge is 0.271 e. The van der Waals surface area contributed by atoms with Crippen LogP contribution >= 0.6 is 0 Å². The van der Waals surface area contributed by atoms with Crippen LogP contribution in [0.5, 0.6) is 0 Å². The van der Waals surface area contributed by atoms with Gasteiger partial charge in [0, 0.05) is 0 Å². The van der Waals surface area contributed by atoms with E-state index in [0.717, 1.165) is 0 Å². The Hall–Kier alpha value is -0.480. The standard InChI is InChI=1S/C6H15N3O9/c7-2(11)3(12,13)1(10,6(8,9)18)4(14,15)5(2,16)17/h10-18H,7-9H2. The molecule has 0 amide bonds. The van der Waals surface area contributed by atoms with Crippen LogP contribution in [0.2, 0.25) is 0 Å². The lowest BCUT2D eigenvalue weighted by atomic mass is 9.85. The number of hydrogen-bond donors (Lipinski definition) is 12. The molecule has 0 aliphatic heterocycles. The second-order valence-electron chi connectivity index (χ2n) is 4.32. The van der Waals surface area contributed by atoms with Gasteiger partial charge in [0.2, 0.25) is 17.2 Å². The van der Waals surface area contributed by atoms with Crippen LogP contribution in [0.4, 0.5) is 0 Å². The molecule has 1 rings (SSSR count). The summed E-state index contributed by atoms with van der Waals surface area (Å²) in [5.41, 5.74) is 5.89. The molecule has 0 radical (unpaired) electrons. The molecule has 1 aliphatic rings. The van der Waals surface area contributed by atoms with E-state index in [4.69, 9.17) is 17.2 Å². The van der Waals surface area contributed by atoms with Crippen LogP contribution in [-0.4, -0.2) is 80.5 Å². The van der Waals surface area contributed by atoms with E-state index < -0.39 is 34.5 Å². The van der Waals surface area contributed by atoms with Crippen LogP contribution in [0.25, 0.3) is 0 Å². The Morgan fingerprint density at radius 2 is 1.00 bits per heavy atom. The maximum Gasteiger partial charge on any atom is 0.271 e. The average Bonchev–Trinajstić information content (AvgIpc) is 2.16. The lowest BCUT2D eigenvalue weighted by Crippen LogP contribution is -2.83. The second kappa shape index (κ2) is 3.15. The van der Waals surface area contributed by atoms with Gasteiger partial charge in [-0.1, -0.05) is 0 Å². The fourth-order valence-corrected chi connectivity index (χ4v) is 1.84. The molecule has 1 aliphatic carbocycles. The summed E-state index contributed by atoms with van der Waals surface area (Å²) >= 11 is 0. The zero-order valence-electron chi connectivity index (χ0n) is 8.76. The van der Waals surface area contributed by atoms with Gasteiger partial charge in [-0.15, -0.1) is 0 Å². The first-order chi connectivity index (χ1) is 7.50. The van der Waals surface area contributed by atoms with Gasteiger partial charge in [-0.3, -0.25) is 17.2 Å². The highest BCUT2D eigenvalue weighted by atomic mass is 16.7. The van der Waals surface area contributed by atoms with Gasteiger partial charge in [0.1, 0.15) is 0 Å². The van der Waals surface area contributed by atoms with Crippen LogP contribution in [0.1, 0.15) is 0 Å². The summed E-state index contributed by atoms with van der Waals surface area (Å²) in [6, 6.07) is 0. The summed E-state index contributed by atoms with van der Waals surface area (Å²) in [5, 5.41) is 84.4. The molecule has 0 saturated heterocycles. The minimum Gasteiger partial charge on any atom is -0.374 e. The van der Waals surface area contributed by atoms with Gasteiger partial charge in [-0.2, -0.15) is 0 Å². The van der Waals surface area contributed by atoms with Crippen molar-refractivity contribution in [2.45, 2.75) is 34.5 Å². The van der Waals surface area contributed by atoms with Crippen molar-refractivity contribution >= 4 is 0 Å². The van der Waals surface area contributed by atoms with Crippen LogP contribution in [0.3, 0.4) is 0 Å². The minimum atomic E-state index is -4.41. The molecule has 2 unspecified atom stereocenters. The monoisotopic (exact) mass is 273 g/mol. The van der Waals surface area contributed by atoms with Crippen molar-refractivity contribution in [3.63, 3.8) is 0 Å². The molecule has 0 aromatic carbocycles. The Bertz CT molecular complexity index is 345. The normalized spacial score (nSPS) is 42.0. The zero-order valence-corrected chi connectivity index (χ0v) is 8.76. The van der Waals surface area contributed by atoms with E-state index in [1.807, 2.05) is 0 Å².